The van der Waals surface area contributed by atoms with Crippen molar-refractivity contribution in [3.8, 4) is 6.07 Å². The maximum atomic E-state index is 9.05. The van der Waals surface area contributed by atoms with Gasteiger partial charge >= 0.3 is 0 Å². The Morgan fingerprint density at radius 3 is 2.68 bits per heavy atom. The van der Waals surface area contributed by atoms with Crippen molar-refractivity contribution in [3.05, 3.63) is 64.4 Å². The third-order valence-corrected chi connectivity index (χ3v) is 3.22. The van der Waals surface area contributed by atoms with Gasteiger partial charge in [-0.3, -0.25) is 0 Å². The minimum absolute atomic E-state index is 0.594. The van der Waals surface area contributed by atoms with Crippen LogP contribution >= 0.6 is 11.6 Å². The van der Waals surface area contributed by atoms with Crippen molar-refractivity contribution in [1.82, 2.24) is 9.97 Å². The van der Waals surface area contributed by atoms with Crippen LogP contribution in [0.3, 0.4) is 0 Å². The molecule has 1 aromatic heterocycles. The van der Waals surface area contributed by atoms with Crippen LogP contribution in [-0.2, 0) is 6.42 Å². The maximum absolute atomic E-state index is 9.05. The number of aromatic nitrogens is 2. The molecule has 0 amide bonds. The zero-order chi connectivity index (χ0) is 13.2. The van der Waals surface area contributed by atoms with E-state index in [2.05, 4.69) is 16.0 Å². The Morgan fingerprint density at radius 1 is 1.16 bits per heavy atom. The van der Waals surface area contributed by atoms with Crippen molar-refractivity contribution in [2.75, 3.05) is 0 Å². The molecule has 2 aromatic carbocycles. The largest absolute Gasteiger partial charge is 0.342 e. The van der Waals surface area contributed by atoms with Crippen LogP contribution in [0.15, 0.2) is 42.5 Å². The molecule has 1 N–H and O–H groups in total. The smallest absolute Gasteiger partial charge is 0.111 e. The number of nitrogens with one attached hydrogen (secondary N) is 1. The van der Waals surface area contributed by atoms with Crippen molar-refractivity contribution in [2.45, 2.75) is 6.42 Å². The Labute approximate surface area is 115 Å². The Balaban J connectivity index is 1.98. The third-order valence-electron chi connectivity index (χ3n) is 2.97. The van der Waals surface area contributed by atoms with Crippen LogP contribution in [0.2, 0.25) is 5.02 Å². The number of nitrogens with zero attached hydrogens (tertiary/aromatic N) is 2. The average Bonchev–Trinajstić information content (AvgIpc) is 2.83. The Bertz CT molecular complexity index is 766. The number of nitriles is 1. The van der Waals surface area contributed by atoms with E-state index in [1.807, 2.05) is 36.4 Å². The van der Waals surface area contributed by atoms with Crippen molar-refractivity contribution in [2.24, 2.45) is 0 Å². The number of imidazole rings is 1. The normalized spacial score (nSPS) is 10.5. The highest BCUT2D eigenvalue weighted by Crippen LogP contribution is 2.18. The standard InChI is InChI=1S/C15H10ClN3/c16-12-6-4-10(5-7-12)8-14-18-13-3-1-2-11(9-17)15(13)19-14/h1-7H,8H2,(H,18,19). The second kappa shape index (κ2) is 4.75. The van der Waals surface area contributed by atoms with Crippen molar-refractivity contribution in [1.29, 1.82) is 5.26 Å². The third kappa shape index (κ3) is 2.31. The van der Waals surface area contributed by atoms with Crippen LogP contribution in [0.4, 0.5) is 0 Å². The van der Waals surface area contributed by atoms with Crippen LogP contribution in [0.25, 0.3) is 11.0 Å². The van der Waals surface area contributed by atoms with Gasteiger partial charge in [0, 0.05) is 11.4 Å². The van der Waals surface area contributed by atoms with Gasteiger partial charge in [0.2, 0.25) is 0 Å². The Hall–Kier alpha value is -2.31. The molecule has 0 aliphatic heterocycles. The molecule has 0 aliphatic carbocycles. The molecule has 3 aromatic rings. The van der Waals surface area contributed by atoms with Gasteiger partial charge in [-0.05, 0) is 29.8 Å². The van der Waals surface area contributed by atoms with Crippen LogP contribution in [0.5, 0.6) is 0 Å². The zero-order valence-corrected chi connectivity index (χ0v) is 10.8. The van der Waals surface area contributed by atoms with E-state index in [9.17, 15) is 0 Å². The number of halogens is 1. The first-order valence-corrected chi connectivity index (χ1v) is 6.26. The summed E-state index contributed by atoms with van der Waals surface area (Å²) in [4.78, 5) is 7.73. The lowest BCUT2D eigenvalue weighted by Gasteiger charge is -1.97. The number of benzene rings is 2. The maximum Gasteiger partial charge on any atom is 0.111 e. The van der Waals surface area contributed by atoms with Gasteiger partial charge in [-0.1, -0.05) is 29.8 Å². The predicted molar refractivity (Wildman–Crippen MR) is 75.1 cm³/mol. The topological polar surface area (TPSA) is 52.5 Å². The number of rotatable bonds is 2. The highest BCUT2D eigenvalue weighted by atomic mass is 35.5. The predicted octanol–water partition coefficient (Wildman–Crippen LogP) is 3.68. The number of fused-ring (bicyclic) bond motifs is 1. The monoisotopic (exact) mass is 267 g/mol. The number of hydrogen-bond donors (Lipinski definition) is 1. The van der Waals surface area contributed by atoms with E-state index < -0.39 is 0 Å². The molecule has 0 spiro atoms. The van der Waals surface area contributed by atoms with Gasteiger partial charge in [0.05, 0.1) is 11.1 Å². The van der Waals surface area contributed by atoms with Crippen LogP contribution < -0.4 is 0 Å². The SMILES string of the molecule is N#Cc1cccc2[nH]c(Cc3ccc(Cl)cc3)nc12. The molecule has 0 radical (unpaired) electrons. The number of hydrogen-bond acceptors (Lipinski definition) is 2. The minimum Gasteiger partial charge on any atom is -0.342 e. The molecule has 0 atom stereocenters. The summed E-state index contributed by atoms with van der Waals surface area (Å²) in [6, 6.07) is 15.4. The molecule has 0 unspecified atom stereocenters. The first-order chi connectivity index (χ1) is 9.26. The summed E-state index contributed by atoms with van der Waals surface area (Å²) in [7, 11) is 0. The molecule has 0 aliphatic rings. The summed E-state index contributed by atoms with van der Waals surface area (Å²) in [5, 5.41) is 9.77. The number of aromatic amines is 1. The van der Waals surface area contributed by atoms with E-state index in [-0.39, 0.29) is 0 Å². The summed E-state index contributed by atoms with van der Waals surface area (Å²) < 4.78 is 0. The van der Waals surface area contributed by atoms with Crippen molar-refractivity contribution >= 4 is 22.6 Å². The van der Waals surface area contributed by atoms with E-state index in [0.29, 0.717) is 12.0 Å². The van der Waals surface area contributed by atoms with E-state index >= 15 is 0 Å². The summed E-state index contributed by atoms with van der Waals surface area (Å²) in [6.07, 6.45) is 0.691. The van der Waals surface area contributed by atoms with Gasteiger partial charge in [-0.2, -0.15) is 5.26 Å². The lowest BCUT2D eigenvalue weighted by molar-refractivity contribution is 1.04. The minimum atomic E-state index is 0.594. The summed E-state index contributed by atoms with van der Waals surface area (Å²) in [5.41, 5.74) is 3.34. The molecule has 92 valence electrons. The van der Waals surface area contributed by atoms with E-state index in [1.165, 1.54) is 0 Å². The van der Waals surface area contributed by atoms with Gasteiger partial charge < -0.3 is 4.98 Å². The van der Waals surface area contributed by atoms with E-state index in [1.54, 1.807) is 6.07 Å². The lowest BCUT2D eigenvalue weighted by atomic mass is 10.1. The fraction of sp³-hybridized carbons (Fsp3) is 0.0667. The fourth-order valence-electron chi connectivity index (χ4n) is 2.05. The van der Waals surface area contributed by atoms with Crippen LogP contribution in [0.1, 0.15) is 17.0 Å². The summed E-state index contributed by atoms with van der Waals surface area (Å²) in [6.45, 7) is 0. The number of para-hydroxylation sites is 1. The summed E-state index contributed by atoms with van der Waals surface area (Å²) >= 11 is 5.86. The molecular weight excluding hydrogens is 258 g/mol. The molecule has 19 heavy (non-hydrogen) atoms. The van der Waals surface area contributed by atoms with Gasteiger partial charge in [-0.15, -0.1) is 0 Å². The molecule has 0 saturated heterocycles. The van der Waals surface area contributed by atoms with Gasteiger partial charge in [0.15, 0.2) is 0 Å². The molecule has 3 rings (SSSR count). The molecule has 3 nitrogen and oxygen atoms in total. The van der Waals surface area contributed by atoms with E-state index in [0.717, 1.165) is 27.4 Å². The molecule has 0 saturated carbocycles. The lowest BCUT2D eigenvalue weighted by Crippen LogP contribution is -1.90. The first kappa shape index (κ1) is 11.8. The Morgan fingerprint density at radius 2 is 1.95 bits per heavy atom. The van der Waals surface area contributed by atoms with Gasteiger partial charge in [-0.25, -0.2) is 4.98 Å². The highest BCUT2D eigenvalue weighted by molar-refractivity contribution is 6.30. The zero-order valence-electron chi connectivity index (χ0n) is 10.0. The molecule has 0 bridgehead atoms. The molecule has 4 heteroatoms. The second-order valence-corrected chi connectivity index (χ2v) is 4.74. The van der Waals surface area contributed by atoms with Crippen molar-refractivity contribution in [3.63, 3.8) is 0 Å². The fourth-order valence-corrected chi connectivity index (χ4v) is 2.18. The number of H-pyrrole nitrogens is 1. The first-order valence-electron chi connectivity index (χ1n) is 5.88. The molecule has 1 heterocycles. The molecular formula is C15H10ClN3. The summed E-state index contributed by atoms with van der Waals surface area (Å²) in [5.74, 6) is 0.847. The quantitative estimate of drug-likeness (QED) is 0.770. The van der Waals surface area contributed by atoms with E-state index in [4.69, 9.17) is 16.9 Å². The van der Waals surface area contributed by atoms with Gasteiger partial charge in [0.1, 0.15) is 17.4 Å². The Kier molecular flexibility index (Phi) is 2.94. The van der Waals surface area contributed by atoms with Gasteiger partial charge in [0.25, 0.3) is 0 Å². The average molecular weight is 268 g/mol. The van der Waals surface area contributed by atoms with Crippen molar-refractivity contribution < 1.29 is 0 Å². The van der Waals surface area contributed by atoms with Crippen LogP contribution in [0, 0.1) is 11.3 Å². The molecule has 0 fully saturated rings. The highest BCUT2D eigenvalue weighted by Gasteiger charge is 2.07. The van der Waals surface area contributed by atoms with Crippen LogP contribution in [-0.4, -0.2) is 9.97 Å². The second-order valence-electron chi connectivity index (χ2n) is 4.30.